The van der Waals surface area contributed by atoms with Crippen molar-refractivity contribution >= 4 is 11.4 Å². The highest BCUT2D eigenvalue weighted by Gasteiger charge is 2.15. The van der Waals surface area contributed by atoms with Crippen LogP contribution in [0.15, 0.2) is 36.4 Å². The Kier molecular flexibility index (Phi) is 4.42. The Hall–Kier alpha value is -2.56. The SMILES string of the molecule is COc1ccc(NCc2c(C)cccc2C)c([N+](=O)[O-])c1. The zero-order chi connectivity index (χ0) is 15.4. The van der Waals surface area contributed by atoms with Gasteiger partial charge in [0.05, 0.1) is 18.1 Å². The summed E-state index contributed by atoms with van der Waals surface area (Å²) in [6.07, 6.45) is 0. The molecule has 0 aliphatic heterocycles. The summed E-state index contributed by atoms with van der Waals surface area (Å²) >= 11 is 0. The van der Waals surface area contributed by atoms with Crippen LogP contribution in [-0.4, -0.2) is 12.0 Å². The van der Waals surface area contributed by atoms with Gasteiger partial charge in [0.15, 0.2) is 0 Å². The van der Waals surface area contributed by atoms with E-state index in [4.69, 9.17) is 4.74 Å². The van der Waals surface area contributed by atoms with Crippen molar-refractivity contribution in [3.8, 4) is 5.75 Å². The Morgan fingerprint density at radius 3 is 2.43 bits per heavy atom. The van der Waals surface area contributed by atoms with Gasteiger partial charge in [-0.2, -0.15) is 0 Å². The number of hydrogen-bond donors (Lipinski definition) is 1. The van der Waals surface area contributed by atoms with Gasteiger partial charge in [0.2, 0.25) is 0 Å². The lowest BCUT2D eigenvalue weighted by molar-refractivity contribution is -0.384. The van der Waals surface area contributed by atoms with Gasteiger partial charge < -0.3 is 10.1 Å². The fourth-order valence-electron chi connectivity index (χ4n) is 2.25. The largest absolute Gasteiger partial charge is 0.496 e. The van der Waals surface area contributed by atoms with E-state index in [9.17, 15) is 10.1 Å². The second-order valence-electron chi connectivity index (χ2n) is 4.86. The molecule has 0 saturated heterocycles. The third kappa shape index (κ3) is 3.31. The summed E-state index contributed by atoms with van der Waals surface area (Å²) in [6, 6.07) is 10.9. The number of anilines is 1. The van der Waals surface area contributed by atoms with Gasteiger partial charge in [-0.25, -0.2) is 0 Å². The van der Waals surface area contributed by atoms with Crippen LogP contribution < -0.4 is 10.1 Å². The van der Waals surface area contributed by atoms with Crippen molar-refractivity contribution in [3.63, 3.8) is 0 Å². The molecule has 0 aliphatic rings. The molecule has 0 spiro atoms. The molecule has 1 N–H and O–H groups in total. The maximum absolute atomic E-state index is 11.1. The Bertz CT molecular complexity index is 648. The molecule has 21 heavy (non-hydrogen) atoms. The molecule has 2 aromatic carbocycles. The monoisotopic (exact) mass is 286 g/mol. The van der Waals surface area contributed by atoms with Crippen molar-refractivity contribution in [1.29, 1.82) is 0 Å². The van der Waals surface area contributed by atoms with Gasteiger partial charge >= 0.3 is 0 Å². The Morgan fingerprint density at radius 1 is 1.19 bits per heavy atom. The van der Waals surface area contributed by atoms with Crippen molar-refractivity contribution < 1.29 is 9.66 Å². The third-order valence-corrected chi connectivity index (χ3v) is 3.50. The molecule has 110 valence electrons. The number of aryl methyl sites for hydroxylation is 2. The van der Waals surface area contributed by atoms with E-state index in [-0.39, 0.29) is 5.69 Å². The highest BCUT2D eigenvalue weighted by atomic mass is 16.6. The standard InChI is InChI=1S/C16H18N2O3/c1-11-5-4-6-12(2)14(11)10-17-15-8-7-13(21-3)9-16(15)18(19)20/h4-9,17H,10H2,1-3H3. The van der Waals surface area contributed by atoms with E-state index < -0.39 is 4.92 Å². The zero-order valence-electron chi connectivity index (χ0n) is 12.3. The quantitative estimate of drug-likeness (QED) is 0.670. The number of hydrogen-bond acceptors (Lipinski definition) is 4. The van der Waals surface area contributed by atoms with Crippen molar-refractivity contribution in [2.24, 2.45) is 0 Å². The summed E-state index contributed by atoms with van der Waals surface area (Å²) in [5.74, 6) is 0.472. The predicted octanol–water partition coefficient (Wildman–Crippen LogP) is 3.83. The summed E-state index contributed by atoms with van der Waals surface area (Å²) in [6.45, 7) is 4.62. The smallest absolute Gasteiger partial charge is 0.296 e. The lowest BCUT2D eigenvalue weighted by Crippen LogP contribution is -2.05. The van der Waals surface area contributed by atoms with Crippen LogP contribution in [-0.2, 0) is 6.54 Å². The molecule has 2 aromatic rings. The second kappa shape index (κ2) is 6.26. The molecule has 0 unspecified atom stereocenters. The number of nitro benzene ring substituents is 1. The van der Waals surface area contributed by atoms with E-state index in [0.29, 0.717) is 18.0 Å². The fourth-order valence-corrected chi connectivity index (χ4v) is 2.25. The van der Waals surface area contributed by atoms with E-state index in [2.05, 4.69) is 5.32 Å². The summed E-state index contributed by atoms with van der Waals surface area (Å²) < 4.78 is 5.03. The van der Waals surface area contributed by atoms with Gasteiger partial charge in [0.1, 0.15) is 11.4 Å². The minimum absolute atomic E-state index is 0.0144. The van der Waals surface area contributed by atoms with Gasteiger partial charge in [0.25, 0.3) is 5.69 Å². The van der Waals surface area contributed by atoms with Crippen molar-refractivity contribution in [1.82, 2.24) is 0 Å². The van der Waals surface area contributed by atoms with Crippen LogP contribution in [0.4, 0.5) is 11.4 Å². The molecule has 0 bridgehead atoms. The van der Waals surface area contributed by atoms with Gasteiger partial charge in [-0.15, -0.1) is 0 Å². The van der Waals surface area contributed by atoms with Gasteiger partial charge in [0, 0.05) is 6.54 Å². The topological polar surface area (TPSA) is 64.4 Å². The first-order valence-electron chi connectivity index (χ1n) is 6.64. The lowest BCUT2D eigenvalue weighted by Gasteiger charge is -2.12. The lowest BCUT2D eigenvalue weighted by atomic mass is 10.0. The van der Waals surface area contributed by atoms with Crippen LogP contribution >= 0.6 is 0 Å². The Labute approximate surface area is 123 Å². The normalized spacial score (nSPS) is 10.2. The number of methoxy groups -OCH3 is 1. The summed E-state index contributed by atoms with van der Waals surface area (Å²) in [5, 5.41) is 14.3. The van der Waals surface area contributed by atoms with Crippen LogP contribution in [0.1, 0.15) is 16.7 Å². The molecule has 2 rings (SSSR count). The first kappa shape index (κ1) is 14.8. The van der Waals surface area contributed by atoms with Crippen molar-refractivity contribution in [2.75, 3.05) is 12.4 Å². The second-order valence-corrected chi connectivity index (χ2v) is 4.86. The molecular weight excluding hydrogens is 268 g/mol. The average molecular weight is 286 g/mol. The van der Waals surface area contributed by atoms with Gasteiger partial charge in [-0.1, -0.05) is 18.2 Å². The number of nitro groups is 1. The van der Waals surface area contributed by atoms with Crippen LogP contribution in [0, 0.1) is 24.0 Å². The predicted molar refractivity (Wildman–Crippen MR) is 82.9 cm³/mol. The third-order valence-electron chi connectivity index (χ3n) is 3.50. The van der Waals surface area contributed by atoms with Crippen LogP contribution in [0.25, 0.3) is 0 Å². The summed E-state index contributed by atoms with van der Waals surface area (Å²) in [5.41, 5.74) is 3.99. The molecule has 5 heteroatoms. The summed E-state index contributed by atoms with van der Waals surface area (Å²) in [7, 11) is 1.49. The first-order valence-corrected chi connectivity index (χ1v) is 6.64. The van der Waals surface area contributed by atoms with Crippen LogP contribution in [0.5, 0.6) is 5.75 Å². The molecule has 5 nitrogen and oxygen atoms in total. The van der Waals surface area contributed by atoms with Crippen LogP contribution in [0.3, 0.4) is 0 Å². The number of ether oxygens (including phenoxy) is 1. The maximum Gasteiger partial charge on any atom is 0.296 e. The molecule has 0 amide bonds. The highest BCUT2D eigenvalue weighted by Crippen LogP contribution is 2.29. The first-order chi connectivity index (χ1) is 10.0. The molecule has 0 saturated carbocycles. The van der Waals surface area contributed by atoms with Crippen molar-refractivity contribution in [2.45, 2.75) is 20.4 Å². The number of nitrogens with zero attached hydrogens (tertiary/aromatic N) is 1. The highest BCUT2D eigenvalue weighted by molar-refractivity contribution is 5.64. The Morgan fingerprint density at radius 2 is 1.86 bits per heavy atom. The molecule has 0 aliphatic carbocycles. The molecule has 0 radical (unpaired) electrons. The Balaban J connectivity index is 2.26. The fraction of sp³-hybridized carbons (Fsp3) is 0.250. The molecular formula is C16H18N2O3. The van der Waals surface area contributed by atoms with E-state index in [1.807, 2.05) is 32.0 Å². The molecule has 0 fully saturated rings. The zero-order valence-corrected chi connectivity index (χ0v) is 12.3. The molecule has 0 aromatic heterocycles. The number of nitrogens with one attached hydrogen (secondary N) is 1. The minimum Gasteiger partial charge on any atom is -0.496 e. The van der Waals surface area contributed by atoms with E-state index in [1.165, 1.54) is 24.3 Å². The van der Waals surface area contributed by atoms with Crippen LogP contribution in [0.2, 0.25) is 0 Å². The minimum atomic E-state index is -0.407. The number of rotatable bonds is 5. The van der Waals surface area contributed by atoms with Gasteiger partial charge in [-0.05, 0) is 42.7 Å². The van der Waals surface area contributed by atoms with E-state index >= 15 is 0 Å². The number of benzene rings is 2. The van der Waals surface area contributed by atoms with E-state index in [0.717, 1.165) is 5.56 Å². The molecule has 0 heterocycles. The average Bonchev–Trinajstić information content (AvgIpc) is 2.46. The maximum atomic E-state index is 11.1. The van der Waals surface area contributed by atoms with Crippen molar-refractivity contribution in [3.05, 3.63) is 63.2 Å². The van der Waals surface area contributed by atoms with Gasteiger partial charge in [-0.3, -0.25) is 10.1 Å². The molecule has 0 atom stereocenters. The summed E-state index contributed by atoms with van der Waals surface area (Å²) in [4.78, 5) is 10.7. The van der Waals surface area contributed by atoms with E-state index in [1.54, 1.807) is 12.1 Å².